The highest BCUT2D eigenvalue weighted by Gasteiger charge is 2.37. The molecule has 0 radical (unpaired) electrons. The average Bonchev–Trinajstić information content (AvgIpc) is 3.26. The Kier molecular flexibility index (Phi) is 4.13. The van der Waals surface area contributed by atoms with E-state index in [1.54, 1.807) is 0 Å². The Morgan fingerprint density at radius 1 is 0.759 bits per heavy atom. The van der Waals surface area contributed by atoms with Crippen LogP contribution in [0.4, 0.5) is 11.6 Å². The molecule has 0 saturated heterocycles. The monoisotopic (exact) mass is 380 g/mol. The van der Waals surface area contributed by atoms with Crippen molar-refractivity contribution in [3.8, 4) is 22.5 Å². The average molecular weight is 380 g/mol. The van der Waals surface area contributed by atoms with E-state index >= 15 is 0 Å². The molecule has 1 aliphatic heterocycles. The number of nitrogens with zero attached hydrogens (tertiary/aromatic N) is 4. The highest BCUT2D eigenvalue weighted by atomic mass is 15.7. The highest BCUT2D eigenvalue weighted by Crippen LogP contribution is 2.42. The largest absolute Gasteiger partial charge is 0.290 e. The summed E-state index contributed by atoms with van der Waals surface area (Å²) in [6.07, 6.45) is 0.158. The first kappa shape index (κ1) is 17.6. The van der Waals surface area contributed by atoms with Gasteiger partial charge in [0.05, 0.1) is 5.69 Å². The molecule has 0 aliphatic carbocycles. The molecule has 1 aromatic heterocycles. The Labute approximate surface area is 171 Å². The summed E-state index contributed by atoms with van der Waals surface area (Å²) in [5, 5.41) is 2.27. The summed E-state index contributed by atoms with van der Waals surface area (Å²) in [6, 6.07) is 29.5. The van der Waals surface area contributed by atoms with E-state index in [9.17, 15) is 0 Å². The number of anilines is 2. The molecule has 0 unspecified atom stereocenters. The van der Waals surface area contributed by atoms with Gasteiger partial charge in [-0.15, -0.1) is 0 Å². The van der Waals surface area contributed by atoms with Crippen LogP contribution in [0.5, 0.6) is 0 Å². The smallest absolute Gasteiger partial charge is 0.232 e. The zero-order valence-corrected chi connectivity index (χ0v) is 16.9. The number of rotatable bonds is 3. The van der Waals surface area contributed by atoms with Crippen LogP contribution in [0, 0.1) is 6.92 Å². The Bertz CT molecular complexity index is 1150. The summed E-state index contributed by atoms with van der Waals surface area (Å²) in [6.45, 7) is 4.38. The number of aromatic nitrogens is 2. The number of benzene rings is 3. The minimum absolute atomic E-state index is 0.158. The van der Waals surface area contributed by atoms with E-state index in [4.69, 9.17) is 4.98 Å². The van der Waals surface area contributed by atoms with E-state index in [0.717, 1.165) is 28.5 Å². The molecule has 1 atom stereocenters. The topological polar surface area (TPSA) is 24.3 Å². The SMILES string of the molecule is Cc1ccccc1N1c2nc(-c3ccccc3)c(-c3ccccc3)n2N(C)[C@@H]1C. The van der Waals surface area contributed by atoms with Crippen LogP contribution in [0.25, 0.3) is 22.5 Å². The van der Waals surface area contributed by atoms with Gasteiger partial charge < -0.3 is 0 Å². The minimum Gasteiger partial charge on any atom is -0.290 e. The van der Waals surface area contributed by atoms with Gasteiger partial charge >= 0.3 is 0 Å². The van der Waals surface area contributed by atoms with E-state index in [1.165, 1.54) is 11.3 Å². The Balaban J connectivity index is 1.79. The van der Waals surface area contributed by atoms with Crippen LogP contribution >= 0.6 is 0 Å². The maximum Gasteiger partial charge on any atom is 0.232 e. The van der Waals surface area contributed by atoms with Crippen LogP contribution in [0.15, 0.2) is 84.9 Å². The third-order valence-corrected chi connectivity index (χ3v) is 5.75. The maximum absolute atomic E-state index is 5.18. The predicted molar refractivity (Wildman–Crippen MR) is 120 cm³/mol. The lowest BCUT2D eigenvalue weighted by molar-refractivity contribution is 0.625. The van der Waals surface area contributed by atoms with Gasteiger partial charge in [-0.05, 0) is 25.5 Å². The van der Waals surface area contributed by atoms with Crippen LogP contribution in [0.3, 0.4) is 0 Å². The summed E-state index contributed by atoms with van der Waals surface area (Å²) >= 11 is 0. The van der Waals surface area contributed by atoms with Crippen molar-refractivity contribution in [3.63, 3.8) is 0 Å². The summed E-state index contributed by atoms with van der Waals surface area (Å²) in [5.74, 6) is 0.951. The number of imidazole rings is 1. The number of para-hydroxylation sites is 1. The van der Waals surface area contributed by atoms with Gasteiger partial charge in [-0.3, -0.25) is 9.91 Å². The van der Waals surface area contributed by atoms with Crippen LogP contribution in [0.2, 0.25) is 0 Å². The van der Waals surface area contributed by atoms with Gasteiger partial charge in [0.2, 0.25) is 5.95 Å². The molecule has 3 aromatic carbocycles. The second-order valence-corrected chi connectivity index (χ2v) is 7.51. The highest BCUT2D eigenvalue weighted by molar-refractivity contribution is 5.83. The summed E-state index contributed by atoms with van der Waals surface area (Å²) in [7, 11) is 2.13. The van der Waals surface area contributed by atoms with E-state index in [-0.39, 0.29) is 6.17 Å². The third kappa shape index (κ3) is 2.71. The molecule has 0 saturated carbocycles. The standard InChI is InChI=1S/C25H24N4/c1-18-12-10-11-17-22(18)28-19(2)27(3)29-24(21-15-8-5-9-16-21)23(26-25(28)29)20-13-6-4-7-14-20/h4-17,19H,1-3H3/t19-/m0/s1. The van der Waals surface area contributed by atoms with E-state index < -0.39 is 0 Å². The maximum atomic E-state index is 5.18. The lowest BCUT2D eigenvalue weighted by atomic mass is 10.1. The van der Waals surface area contributed by atoms with Gasteiger partial charge in [-0.2, -0.15) is 0 Å². The first-order chi connectivity index (χ1) is 14.2. The minimum atomic E-state index is 0.158. The molecule has 0 bridgehead atoms. The number of fused-ring (bicyclic) bond motifs is 1. The summed E-state index contributed by atoms with van der Waals surface area (Å²) in [4.78, 5) is 7.51. The van der Waals surface area contributed by atoms with Gasteiger partial charge in [0.25, 0.3) is 0 Å². The molecule has 0 spiro atoms. The van der Waals surface area contributed by atoms with E-state index in [2.05, 4.69) is 114 Å². The van der Waals surface area contributed by atoms with Crippen molar-refractivity contribution < 1.29 is 0 Å². The second kappa shape index (κ2) is 6.82. The van der Waals surface area contributed by atoms with Crippen molar-refractivity contribution in [1.29, 1.82) is 0 Å². The fraction of sp³-hybridized carbons (Fsp3) is 0.160. The molecule has 1 aliphatic rings. The Morgan fingerprint density at radius 3 is 2.00 bits per heavy atom. The number of aryl methyl sites for hydroxylation is 1. The number of hydrogen-bond acceptors (Lipinski definition) is 3. The number of hydrogen-bond donors (Lipinski definition) is 0. The zero-order chi connectivity index (χ0) is 20.0. The van der Waals surface area contributed by atoms with Gasteiger partial charge in [-0.1, -0.05) is 78.9 Å². The quantitative estimate of drug-likeness (QED) is 0.463. The van der Waals surface area contributed by atoms with Crippen molar-refractivity contribution in [2.45, 2.75) is 20.0 Å². The van der Waals surface area contributed by atoms with Crippen molar-refractivity contribution in [1.82, 2.24) is 9.66 Å². The van der Waals surface area contributed by atoms with Crippen LogP contribution < -0.4 is 9.91 Å². The van der Waals surface area contributed by atoms with Crippen molar-refractivity contribution in [2.75, 3.05) is 17.0 Å². The van der Waals surface area contributed by atoms with Gasteiger partial charge in [-0.25, -0.2) is 9.66 Å². The van der Waals surface area contributed by atoms with Crippen molar-refractivity contribution in [2.24, 2.45) is 0 Å². The Hall–Kier alpha value is -3.53. The molecule has 0 amide bonds. The van der Waals surface area contributed by atoms with E-state index in [1.807, 2.05) is 6.07 Å². The first-order valence-electron chi connectivity index (χ1n) is 9.98. The van der Waals surface area contributed by atoms with E-state index in [0.29, 0.717) is 0 Å². The fourth-order valence-corrected chi connectivity index (χ4v) is 4.15. The molecule has 29 heavy (non-hydrogen) atoms. The van der Waals surface area contributed by atoms with Crippen molar-refractivity contribution >= 4 is 11.6 Å². The normalized spacial score (nSPS) is 15.6. The molecule has 4 heteroatoms. The summed E-state index contributed by atoms with van der Waals surface area (Å²) in [5.41, 5.74) is 6.85. The molecular formula is C25H24N4. The van der Waals surface area contributed by atoms with Crippen LogP contribution in [0.1, 0.15) is 12.5 Å². The molecule has 144 valence electrons. The molecule has 0 N–H and O–H groups in total. The van der Waals surface area contributed by atoms with Crippen LogP contribution in [-0.2, 0) is 0 Å². The van der Waals surface area contributed by atoms with Gasteiger partial charge in [0, 0.05) is 23.9 Å². The van der Waals surface area contributed by atoms with Gasteiger partial charge in [0.1, 0.15) is 11.9 Å². The van der Waals surface area contributed by atoms with Gasteiger partial charge in [0.15, 0.2) is 0 Å². The predicted octanol–water partition coefficient (Wildman–Crippen LogP) is 5.59. The lowest BCUT2D eigenvalue weighted by Crippen LogP contribution is -2.39. The summed E-state index contributed by atoms with van der Waals surface area (Å²) < 4.78 is 2.26. The molecule has 4 aromatic rings. The molecule has 5 rings (SSSR count). The first-order valence-corrected chi connectivity index (χ1v) is 9.98. The zero-order valence-electron chi connectivity index (χ0n) is 16.9. The Morgan fingerprint density at radius 2 is 1.34 bits per heavy atom. The van der Waals surface area contributed by atoms with Crippen LogP contribution in [-0.4, -0.2) is 22.9 Å². The third-order valence-electron chi connectivity index (χ3n) is 5.75. The second-order valence-electron chi connectivity index (χ2n) is 7.51. The molecule has 2 heterocycles. The fourth-order valence-electron chi connectivity index (χ4n) is 4.15. The van der Waals surface area contributed by atoms with Crippen molar-refractivity contribution in [3.05, 3.63) is 90.5 Å². The molecular weight excluding hydrogens is 356 g/mol. The molecule has 4 nitrogen and oxygen atoms in total. The lowest BCUT2D eigenvalue weighted by Gasteiger charge is -2.28. The molecule has 0 fully saturated rings.